The Bertz CT molecular complexity index is 914. The number of nitrogens with zero attached hydrogens (tertiary/aromatic N) is 2. The summed E-state index contributed by atoms with van der Waals surface area (Å²) in [5.41, 5.74) is 2.76. The summed E-state index contributed by atoms with van der Waals surface area (Å²) < 4.78 is 12.0. The zero-order valence-electron chi connectivity index (χ0n) is 15.3. The molecule has 0 aliphatic carbocycles. The Morgan fingerprint density at radius 2 is 1.93 bits per heavy atom. The van der Waals surface area contributed by atoms with Gasteiger partial charge >= 0.3 is 5.97 Å². The molecule has 140 valence electrons. The van der Waals surface area contributed by atoms with Crippen LogP contribution in [-0.4, -0.2) is 28.3 Å². The maximum absolute atomic E-state index is 12.4. The van der Waals surface area contributed by atoms with Gasteiger partial charge in [-0.1, -0.05) is 30.3 Å². The van der Waals surface area contributed by atoms with E-state index in [9.17, 15) is 9.59 Å². The maximum Gasteiger partial charge on any atom is 0.342 e. The van der Waals surface area contributed by atoms with Gasteiger partial charge in [0.05, 0.1) is 30.7 Å². The zero-order chi connectivity index (χ0) is 19.2. The molecule has 0 saturated heterocycles. The topological polar surface area (TPSA) is 86.4 Å². The van der Waals surface area contributed by atoms with Gasteiger partial charge in [0.15, 0.2) is 6.61 Å². The van der Waals surface area contributed by atoms with Crippen LogP contribution in [0.4, 0.5) is 0 Å². The Hall–Kier alpha value is -3.35. The standard InChI is InChI=1S/C20H21N3O4/c1-14-19(15(2)23(22-14)12-16-7-4-3-5-8-16)20(25)27-13-18(24)21-11-17-9-6-10-26-17/h3-10H,11-13H2,1-2H3,(H,21,24). The largest absolute Gasteiger partial charge is 0.467 e. The van der Waals surface area contributed by atoms with Crippen LogP contribution in [0.3, 0.4) is 0 Å². The first-order valence-electron chi connectivity index (χ1n) is 8.58. The minimum Gasteiger partial charge on any atom is -0.467 e. The number of aryl methyl sites for hydroxylation is 1. The molecule has 1 aromatic carbocycles. The molecule has 0 aliphatic heterocycles. The lowest BCUT2D eigenvalue weighted by Gasteiger charge is -2.07. The van der Waals surface area contributed by atoms with Gasteiger partial charge in [0.1, 0.15) is 11.3 Å². The molecule has 7 heteroatoms. The van der Waals surface area contributed by atoms with Gasteiger partial charge in [-0.25, -0.2) is 4.79 Å². The zero-order valence-corrected chi connectivity index (χ0v) is 15.3. The maximum atomic E-state index is 12.4. The molecule has 0 unspecified atom stereocenters. The smallest absolute Gasteiger partial charge is 0.342 e. The highest BCUT2D eigenvalue weighted by molar-refractivity contribution is 5.93. The third-order valence-electron chi connectivity index (χ3n) is 4.14. The van der Waals surface area contributed by atoms with E-state index in [0.29, 0.717) is 29.3 Å². The van der Waals surface area contributed by atoms with E-state index < -0.39 is 11.9 Å². The highest BCUT2D eigenvalue weighted by Gasteiger charge is 2.21. The number of ether oxygens (including phenoxy) is 1. The van der Waals surface area contributed by atoms with Crippen molar-refractivity contribution < 1.29 is 18.7 Å². The van der Waals surface area contributed by atoms with E-state index in [1.54, 1.807) is 23.7 Å². The molecule has 0 aliphatic rings. The Morgan fingerprint density at radius 1 is 1.15 bits per heavy atom. The van der Waals surface area contributed by atoms with Crippen LogP contribution in [0.1, 0.15) is 33.1 Å². The van der Waals surface area contributed by atoms with Crippen molar-refractivity contribution in [3.8, 4) is 0 Å². The van der Waals surface area contributed by atoms with Crippen LogP contribution in [0, 0.1) is 13.8 Å². The first kappa shape index (κ1) is 18.4. The number of nitrogens with one attached hydrogen (secondary N) is 1. The molecule has 2 heterocycles. The van der Waals surface area contributed by atoms with E-state index in [-0.39, 0.29) is 13.2 Å². The average molecular weight is 367 g/mol. The Morgan fingerprint density at radius 3 is 2.63 bits per heavy atom. The number of carbonyl (C=O) groups is 2. The van der Waals surface area contributed by atoms with Gasteiger partial charge in [-0.2, -0.15) is 5.10 Å². The second-order valence-electron chi connectivity index (χ2n) is 6.12. The van der Waals surface area contributed by atoms with Crippen LogP contribution in [0.2, 0.25) is 0 Å². The molecular weight excluding hydrogens is 346 g/mol. The van der Waals surface area contributed by atoms with E-state index in [1.165, 1.54) is 6.26 Å². The second kappa shape index (κ2) is 8.35. The van der Waals surface area contributed by atoms with Crippen LogP contribution >= 0.6 is 0 Å². The van der Waals surface area contributed by atoms with Crippen LogP contribution < -0.4 is 5.32 Å². The fourth-order valence-electron chi connectivity index (χ4n) is 2.76. The van der Waals surface area contributed by atoms with Crippen LogP contribution in [0.25, 0.3) is 0 Å². The molecule has 1 N–H and O–H groups in total. The summed E-state index contributed by atoms with van der Waals surface area (Å²) in [6, 6.07) is 13.3. The van der Waals surface area contributed by atoms with Crippen molar-refractivity contribution in [2.45, 2.75) is 26.9 Å². The van der Waals surface area contributed by atoms with E-state index in [0.717, 1.165) is 5.56 Å². The fraction of sp³-hybridized carbons (Fsp3) is 0.250. The van der Waals surface area contributed by atoms with Crippen LogP contribution in [-0.2, 0) is 22.6 Å². The van der Waals surface area contributed by atoms with Gasteiger partial charge in [-0.3, -0.25) is 9.48 Å². The molecule has 3 rings (SSSR count). The summed E-state index contributed by atoms with van der Waals surface area (Å²) in [7, 11) is 0. The summed E-state index contributed by atoms with van der Waals surface area (Å²) in [6.07, 6.45) is 1.53. The van der Waals surface area contributed by atoms with E-state index in [4.69, 9.17) is 9.15 Å². The summed E-state index contributed by atoms with van der Waals surface area (Å²) in [6.45, 7) is 4.02. The molecule has 0 atom stereocenters. The van der Waals surface area contributed by atoms with Crippen molar-refractivity contribution in [2.75, 3.05) is 6.61 Å². The third kappa shape index (κ3) is 4.63. The second-order valence-corrected chi connectivity index (χ2v) is 6.12. The van der Waals surface area contributed by atoms with Gasteiger partial charge in [0, 0.05) is 0 Å². The molecule has 0 spiro atoms. The van der Waals surface area contributed by atoms with Crippen LogP contribution in [0.5, 0.6) is 0 Å². The van der Waals surface area contributed by atoms with Crippen LogP contribution in [0.15, 0.2) is 53.1 Å². The molecule has 0 fully saturated rings. The van der Waals surface area contributed by atoms with E-state index in [2.05, 4.69) is 10.4 Å². The lowest BCUT2D eigenvalue weighted by Crippen LogP contribution is -2.28. The number of carbonyl (C=O) groups excluding carboxylic acids is 2. The number of hydrogen-bond donors (Lipinski definition) is 1. The summed E-state index contributed by atoms with van der Waals surface area (Å²) in [5.74, 6) is -0.326. The summed E-state index contributed by atoms with van der Waals surface area (Å²) >= 11 is 0. The first-order chi connectivity index (χ1) is 13.0. The predicted molar refractivity (Wildman–Crippen MR) is 98.1 cm³/mol. The van der Waals surface area contributed by atoms with E-state index in [1.807, 2.05) is 37.3 Å². The molecule has 0 saturated carbocycles. The molecule has 1 amide bonds. The van der Waals surface area contributed by atoms with Crippen molar-refractivity contribution in [1.82, 2.24) is 15.1 Å². The van der Waals surface area contributed by atoms with Crippen molar-refractivity contribution in [3.05, 3.63) is 77.0 Å². The minimum atomic E-state index is -0.558. The van der Waals surface area contributed by atoms with Gasteiger partial charge < -0.3 is 14.5 Å². The van der Waals surface area contributed by atoms with Gasteiger partial charge in [0.25, 0.3) is 5.91 Å². The number of hydrogen-bond acceptors (Lipinski definition) is 5. The number of benzene rings is 1. The number of furan rings is 1. The third-order valence-corrected chi connectivity index (χ3v) is 4.14. The van der Waals surface area contributed by atoms with Gasteiger partial charge in [-0.05, 0) is 31.5 Å². The number of amides is 1. The lowest BCUT2D eigenvalue weighted by molar-refractivity contribution is -0.124. The van der Waals surface area contributed by atoms with Gasteiger partial charge in [0.2, 0.25) is 0 Å². The van der Waals surface area contributed by atoms with Crippen molar-refractivity contribution in [2.24, 2.45) is 0 Å². The highest BCUT2D eigenvalue weighted by Crippen LogP contribution is 2.16. The minimum absolute atomic E-state index is 0.246. The van der Waals surface area contributed by atoms with Crippen molar-refractivity contribution >= 4 is 11.9 Å². The summed E-state index contributed by atoms with van der Waals surface area (Å²) in [5, 5.41) is 7.05. The molecule has 7 nitrogen and oxygen atoms in total. The fourth-order valence-corrected chi connectivity index (χ4v) is 2.76. The number of esters is 1. The molecule has 27 heavy (non-hydrogen) atoms. The molecule has 0 radical (unpaired) electrons. The monoisotopic (exact) mass is 367 g/mol. The summed E-state index contributed by atoms with van der Waals surface area (Å²) in [4.78, 5) is 24.3. The van der Waals surface area contributed by atoms with Crippen molar-refractivity contribution in [1.29, 1.82) is 0 Å². The quantitative estimate of drug-likeness (QED) is 0.649. The Kier molecular flexibility index (Phi) is 5.71. The normalized spacial score (nSPS) is 10.6. The van der Waals surface area contributed by atoms with E-state index >= 15 is 0 Å². The highest BCUT2D eigenvalue weighted by atomic mass is 16.5. The molecule has 0 bridgehead atoms. The SMILES string of the molecule is Cc1nn(Cc2ccccc2)c(C)c1C(=O)OCC(=O)NCc1ccco1. The molecule has 2 aromatic heterocycles. The predicted octanol–water partition coefficient (Wildman–Crippen LogP) is 2.61. The van der Waals surface area contributed by atoms with Crippen molar-refractivity contribution in [3.63, 3.8) is 0 Å². The Balaban J connectivity index is 1.58. The lowest BCUT2D eigenvalue weighted by atomic mass is 10.2. The molecular formula is C20H21N3O4. The number of rotatable bonds is 7. The average Bonchev–Trinajstić information content (AvgIpc) is 3.27. The number of aromatic nitrogens is 2. The Labute approximate surface area is 156 Å². The first-order valence-corrected chi connectivity index (χ1v) is 8.58. The molecule has 3 aromatic rings. The van der Waals surface area contributed by atoms with Gasteiger partial charge in [-0.15, -0.1) is 0 Å².